The van der Waals surface area contributed by atoms with E-state index in [4.69, 9.17) is 0 Å². The third kappa shape index (κ3) is 3.24. The van der Waals surface area contributed by atoms with E-state index in [1.54, 1.807) is 7.05 Å². The van der Waals surface area contributed by atoms with Crippen molar-refractivity contribution in [2.45, 2.75) is 26.9 Å². The Morgan fingerprint density at radius 3 is 2.58 bits per heavy atom. The molecule has 1 amide bonds. The predicted octanol–water partition coefficient (Wildman–Crippen LogP) is 3.96. The summed E-state index contributed by atoms with van der Waals surface area (Å²) in [6.45, 7) is 1.13. The van der Waals surface area contributed by atoms with Crippen molar-refractivity contribution in [1.82, 2.24) is 19.0 Å². The quantitative estimate of drug-likeness (QED) is 0.693. The lowest BCUT2D eigenvalue weighted by Crippen LogP contribution is -2.28. The van der Waals surface area contributed by atoms with E-state index in [0.29, 0.717) is 5.56 Å². The zero-order chi connectivity index (χ0) is 18.8. The topological polar surface area (TPSA) is 43.1 Å². The van der Waals surface area contributed by atoms with Crippen molar-refractivity contribution in [3.05, 3.63) is 71.6 Å². The van der Waals surface area contributed by atoms with Crippen LogP contribution in [0.3, 0.4) is 0 Å². The number of aromatic nitrogens is 3. The summed E-state index contributed by atoms with van der Waals surface area (Å²) < 4.78 is 28.7. The van der Waals surface area contributed by atoms with Crippen LogP contribution in [0.25, 0.3) is 5.69 Å². The monoisotopic (exact) mass is 358 g/mol. The first-order valence-corrected chi connectivity index (χ1v) is 8.20. The van der Waals surface area contributed by atoms with Crippen LogP contribution < -0.4 is 0 Å². The summed E-state index contributed by atoms with van der Waals surface area (Å²) in [5.74, 6) is -0.0863. The molecule has 0 aliphatic heterocycles. The van der Waals surface area contributed by atoms with E-state index in [0.717, 1.165) is 21.6 Å². The Morgan fingerprint density at radius 2 is 1.92 bits per heavy atom. The molecule has 0 N–H and O–H groups in total. The number of imidazole rings is 1. The van der Waals surface area contributed by atoms with Gasteiger partial charge in [-0.15, -0.1) is 0 Å². The largest absolute Gasteiger partial charge is 0.334 e. The SMILES string of the molecule is Cc1cc(C(=O)N(C)Cc2nccn2C(F)F)c(C)n1-c1ccccc1. The highest BCUT2D eigenvalue weighted by molar-refractivity contribution is 5.95. The summed E-state index contributed by atoms with van der Waals surface area (Å²) in [6, 6.07) is 11.6. The van der Waals surface area contributed by atoms with Crippen LogP contribution in [0.15, 0.2) is 48.8 Å². The summed E-state index contributed by atoms with van der Waals surface area (Å²) >= 11 is 0. The van der Waals surface area contributed by atoms with Gasteiger partial charge in [0.05, 0.1) is 12.1 Å². The smallest absolute Gasteiger partial charge is 0.319 e. The highest BCUT2D eigenvalue weighted by Gasteiger charge is 2.22. The second-order valence-electron chi connectivity index (χ2n) is 6.15. The number of halogens is 2. The van der Waals surface area contributed by atoms with Crippen molar-refractivity contribution in [2.24, 2.45) is 0 Å². The van der Waals surface area contributed by atoms with Gasteiger partial charge in [-0.05, 0) is 32.0 Å². The van der Waals surface area contributed by atoms with E-state index in [1.165, 1.54) is 17.3 Å². The van der Waals surface area contributed by atoms with E-state index in [9.17, 15) is 13.6 Å². The second-order valence-corrected chi connectivity index (χ2v) is 6.15. The highest BCUT2D eigenvalue weighted by atomic mass is 19.3. The maximum Gasteiger partial charge on any atom is 0.319 e. The van der Waals surface area contributed by atoms with Crippen molar-refractivity contribution in [3.63, 3.8) is 0 Å². The summed E-state index contributed by atoms with van der Waals surface area (Å²) in [7, 11) is 1.58. The van der Waals surface area contributed by atoms with Gasteiger partial charge in [0.2, 0.25) is 0 Å². The Hall–Kier alpha value is -2.96. The van der Waals surface area contributed by atoms with Gasteiger partial charge >= 0.3 is 6.55 Å². The molecular formula is C19H20F2N4O. The molecule has 7 heteroatoms. The number of carbonyl (C=O) groups excluding carboxylic acids is 1. The van der Waals surface area contributed by atoms with Crippen molar-refractivity contribution < 1.29 is 13.6 Å². The van der Waals surface area contributed by atoms with Crippen LogP contribution in [0, 0.1) is 13.8 Å². The molecule has 0 saturated heterocycles. The number of hydrogen-bond donors (Lipinski definition) is 0. The average Bonchev–Trinajstić information content (AvgIpc) is 3.19. The molecule has 0 fully saturated rings. The molecule has 0 spiro atoms. The Morgan fingerprint density at radius 1 is 1.23 bits per heavy atom. The van der Waals surface area contributed by atoms with Gasteiger partial charge in [0, 0.05) is 36.5 Å². The van der Waals surface area contributed by atoms with Crippen LogP contribution in [-0.4, -0.2) is 32.0 Å². The number of alkyl halides is 2. The third-order valence-corrected chi connectivity index (χ3v) is 4.36. The van der Waals surface area contributed by atoms with Gasteiger partial charge in [0.1, 0.15) is 5.82 Å². The number of carbonyl (C=O) groups is 1. The van der Waals surface area contributed by atoms with Crippen LogP contribution in [-0.2, 0) is 6.54 Å². The minimum absolute atomic E-state index is 0.00514. The van der Waals surface area contributed by atoms with Crippen LogP contribution in [0.5, 0.6) is 0 Å². The maximum atomic E-state index is 13.0. The van der Waals surface area contributed by atoms with E-state index in [1.807, 2.05) is 54.8 Å². The standard InChI is InChI=1S/C19H20F2N4O/c1-13-11-16(14(2)25(13)15-7-5-4-6-8-15)18(26)23(3)12-17-22-9-10-24(17)19(20)21/h4-11,19H,12H2,1-3H3. The molecule has 0 saturated carbocycles. The number of benzene rings is 1. The molecular weight excluding hydrogens is 338 g/mol. The molecule has 136 valence electrons. The zero-order valence-electron chi connectivity index (χ0n) is 14.9. The van der Waals surface area contributed by atoms with Gasteiger partial charge in [-0.3, -0.25) is 9.36 Å². The number of nitrogens with zero attached hydrogens (tertiary/aromatic N) is 4. The van der Waals surface area contributed by atoms with Crippen molar-refractivity contribution in [3.8, 4) is 5.69 Å². The molecule has 0 unspecified atom stereocenters. The first-order valence-electron chi connectivity index (χ1n) is 8.20. The van der Waals surface area contributed by atoms with Crippen LogP contribution >= 0.6 is 0 Å². The average molecular weight is 358 g/mol. The van der Waals surface area contributed by atoms with Crippen molar-refractivity contribution in [1.29, 1.82) is 0 Å². The molecule has 5 nitrogen and oxygen atoms in total. The van der Waals surface area contributed by atoms with Crippen molar-refractivity contribution >= 4 is 5.91 Å². The summed E-state index contributed by atoms with van der Waals surface area (Å²) in [5, 5.41) is 0. The molecule has 3 aromatic rings. The minimum Gasteiger partial charge on any atom is -0.334 e. The fraction of sp³-hybridized carbons (Fsp3) is 0.263. The van der Waals surface area contributed by atoms with Crippen LogP contribution in [0.1, 0.15) is 34.1 Å². The Labute approximate surface area is 150 Å². The minimum atomic E-state index is -2.68. The molecule has 0 aliphatic rings. The van der Waals surface area contributed by atoms with E-state index in [-0.39, 0.29) is 18.3 Å². The van der Waals surface area contributed by atoms with Gasteiger partial charge < -0.3 is 9.47 Å². The van der Waals surface area contributed by atoms with Crippen molar-refractivity contribution in [2.75, 3.05) is 7.05 Å². The summed E-state index contributed by atoms with van der Waals surface area (Å²) in [5.41, 5.74) is 3.25. The molecule has 3 rings (SSSR count). The van der Waals surface area contributed by atoms with Crippen LogP contribution in [0.4, 0.5) is 8.78 Å². The molecule has 0 radical (unpaired) electrons. The highest BCUT2D eigenvalue weighted by Crippen LogP contribution is 2.22. The number of rotatable bonds is 5. The lowest BCUT2D eigenvalue weighted by molar-refractivity contribution is 0.0612. The van der Waals surface area contributed by atoms with Gasteiger partial charge in [-0.1, -0.05) is 18.2 Å². The summed E-state index contributed by atoms with van der Waals surface area (Å²) in [6.07, 6.45) is 2.51. The van der Waals surface area contributed by atoms with Gasteiger partial charge in [-0.25, -0.2) is 4.98 Å². The number of amides is 1. The molecule has 2 aromatic heterocycles. The molecule has 26 heavy (non-hydrogen) atoms. The fourth-order valence-corrected chi connectivity index (χ4v) is 3.09. The predicted molar refractivity (Wildman–Crippen MR) is 94.5 cm³/mol. The lowest BCUT2D eigenvalue weighted by Gasteiger charge is -2.18. The first kappa shape index (κ1) is 17.8. The first-order chi connectivity index (χ1) is 12.4. The Bertz CT molecular complexity index is 915. The number of para-hydroxylation sites is 1. The lowest BCUT2D eigenvalue weighted by atomic mass is 10.2. The fourth-order valence-electron chi connectivity index (χ4n) is 3.09. The Kier molecular flexibility index (Phi) is 4.88. The van der Waals surface area contributed by atoms with E-state index in [2.05, 4.69) is 4.98 Å². The molecule has 0 aliphatic carbocycles. The molecule has 2 heterocycles. The van der Waals surface area contributed by atoms with Crippen LogP contribution in [0.2, 0.25) is 0 Å². The molecule has 0 bridgehead atoms. The van der Waals surface area contributed by atoms with E-state index < -0.39 is 6.55 Å². The van der Waals surface area contributed by atoms with Gasteiger partial charge in [-0.2, -0.15) is 8.78 Å². The number of hydrogen-bond acceptors (Lipinski definition) is 2. The summed E-state index contributed by atoms with van der Waals surface area (Å²) in [4.78, 5) is 18.2. The molecule has 0 atom stereocenters. The van der Waals surface area contributed by atoms with Gasteiger partial charge in [0.15, 0.2) is 0 Å². The molecule has 1 aromatic carbocycles. The second kappa shape index (κ2) is 7.11. The Balaban J connectivity index is 1.87. The number of aryl methyl sites for hydroxylation is 1. The van der Waals surface area contributed by atoms with Gasteiger partial charge in [0.25, 0.3) is 5.91 Å². The van der Waals surface area contributed by atoms with E-state index >= 15 is 0 Å². The zero-order valence-corrected chi connectivity index (χ0v) is 14.9. The maximum absolute atomic E-state index is 13.0. The third-order valence-electron chi connectivity index (χ3n) is 4.36. The normalized spacial score (nSPS) is 11.2.